The Labute approximate surface area is 128 Å². The molecule has 1 fully saturated rings. The molecule has 1 saturated heterocycles. The van der Waals surface area contributed by atoms with Crippen LogP contribution in [0.5, 0.6) is 5.75 Å². The molecule has 2 rings (SSSR count). The van der Waals surface area contributed by atoms with Gasteiger partial charge in [0, 0.05) is 6.42 Å². The van der Waals surface area contributed by atoms with Gasteiger partial charge in [0.05, 0.1) is 26.9 Å². The summed E-state index contributed by atoms with van der Waals surface area (Å²) in [5.74, 6) is -0.945. The zero-order valence-corrected chi connectivity index (χ0v) is 12.3. The Kier molecular flexibility index (Phi) is 5.74. The van der Waals surface area contributed by atoms with Gasteiger partial charge in [-0.05, 0) is 17.7 Å². The minimum atomic E-state index is -1.10. The number of carboxylic acids is 1. The monoisotopic (exact) mass is 309 g/mol. The van der Waals surface area contributed by atoms with Gasteiger partial charge >= 0.3 is 5.97 Å². The van der Waals surface area contributed by atoms with Gasteiger partial charge in [-0.1, -0.05) is 12.1 Å². The van der Waals surface area contributed by atoms with Crippen molar-refractivity contribution in [3.05, 3.63) is 29.8 Å². The fourth-order valence-corrected chi connectivity index (χ4v) is 2.14. The minimum Gasteiger partial charge on any atom is -0.497 e. The molecule has 1 aliphatic heterocycles. The molecule has 22 heavy (non-hydrogen) atoms. The van der Waals surface area contributed by atoms with Crippen molar-refractivity contribution < 1.29 is 28.9 Å². The van der Waals surface area contributed by atoms with Gasteiger partial charge < -0.3 is 24.6 Å². The summed E-state index contributed by atoms with van der Waals surface area (Å²) in [6, 6.07) is 6.02. The second-order valence-corrected chi connectivity index (χ2v) is 4.89. The molecule has 7 nitrogen and oxygen atoms in total. The molecular weight excluding hydrogens is 290 g/mol. The Bertz CT molecular complexity index is 527. The predicted octanol–water partition coefficient (Wildman–Crippen LogP) is 0.223. The second-order valence-electron chi connectivity index (χ2n) is 4.89. The van der Waals surface area contributed by atoms with Gasteiger partial charge in [-0.15, -0.1) is 0 Å². The average molecular weight is 309 g/mol. The van der Waals surface area contributed by atoms with E-state index in [0.29, 0.717) is 19.0 Å². The van der Waals surface area contributed by atoms with Crippen LogP contribution in [0.1, 0.15) is 5.56 Å². The van der Waals surface area contributed by atoms with E-state index in [4.69, 9.17) is 14.2 Å². The van der Waals surface area contributed by atoms with Crippen LogP contribution < -0.4 is 10.1 Å². The SMILES string of the molecule is COc1cccc(CC(NC(=O)C2COCCO2)C(=O)O)c1. The molecule has 0 aromatic heterocycles. The zero-order valence-electron chi connectivity index (χ0n) is 12.3. The molecule has 7 heteroatoms. The summed E-state index contributed by atoms with van der Waals surface area (Å²) in [6.45, 7) is 0.902. The molecule has 0 radical (unpaired) electrons. The summed E-state index contributed by atoms with van der Waals surface area (Å²) in [6.07, 6.45) is -0.604. The van der Waals surface area contributed by atoms with Crippen molar-refractivity contribution in [1.82, 2.24) is 5.32 Å². The summed E-state index contributed by atoms with van der Waals surface area (Å²) >= 11 is 0. The largest absolute Gasteiger partial charge is 0.497 e. The van der Waals surface area contributed by atoms with Crippen molar-refractivity contribution in [2.24, 2.45) is 0 Å². The van der Waals surface area contributed by atoms with Crippen LogP contribution in [0.25, 0.3) is 0 Å². The van der Waals surface area contributed by atoms with Gasteiger partial charge in [-0.25, -0.2) is 4.79 Å². The third kappa shape index (κ3) is 4.44. The molecule has 1 aromatic carbocycles. The Hall–Kier alpha value is -2.12. The van der Waals surface area contributed by atoms with Gasteiger partial charge in [-0.2, -0.15) is 0 Å². The number of carbonyl (C=O) groups excluding carboxylic acids is 1. The molecule has 0 spiro atoms. The lowest BCUT2D eigenvalue weighted by Crippen LogP contribution is -2.50. The Balaban J connectivity index is 1.99. The molecule has 0 bridgehead atoms. The topological polar surface area (TPSA) is 94.1 Å². The average Bonchev–Trinajstić information content (AvgIpc) is 2.55. The number of nitrogens with one attached hydrogen (secondary N) is 1. The van der Waals surface area contributed by atoms with E-state index in [1.807, 2.05) is 0 Å². The third-order valence-corrected chi connectivity index (χ3v) is 3.30. The first-order valence-electron chi connectivity index (χ1n) is 6.95. The van der Waals surface area contributed by atoms with Crippen molar-refractivity contribution >= 4 is 11.9 Å². The maximum atomic E-state index is 12.0. The van der Waals surface area contributed by atoms with Crippen molar-refractivity contribution in [3.8, 4) is 5.75 Å². The predicted molar refractivity (Wildman–Crippen MR) is 76.8 cm³/mol. The molecule has 120 valence electrons. The molecule has 2 atom stereocenters. The first kappa shape index (κ1) is 16.3. The van der Waals surface area contributed by atoms with E-state index in [9.17, 15) is 14.7 Å². The molecule has 2 N–H and O–H groups in total. The highest BCUT2D eigenvalue weighted by molar-refractivity contribution is 5.86. The standard InChI is InChI=1S/C15H19NO6/c1-20-11-4-2-3-10(7-11)8-12(15(18)19)16-14(17)13-9-21-5-6-22-13/h2-4,7,12-13H,5-6,8-9H2,1H3,(H,16,17)(H,18,19). The van der Waals surface area contributed by atoms with Gasteiger partial charge in [0.15, 0.2) is 6.10 Å². The highest BCUT2D eigenvalue weighted by atomic mass is 16.6. The van der Waals surface area contributed by atoms with Gasteiger partial charge in [0.1, 0.15) is 11.8 Å². The minimum absolute atomic E-state index is 0.136. The van der Waals surface area contributed by atoms with E-state index in [1.54, 1.807) is 24.3 Å². The molecular formula is C15H19NO6. The number of benzene rings is 1. The normalized spacial score (nSPS) is 19.2. The number of ether oxygens (including phenoxy) is 3. The number of carboxylic acid groups (broad SMARTS) is 1. The van der Waals surface area contributed by atoms with Crippen molar-refractivity contribution in [3.63, 3.8) is 0 Å². The fraction of sp³-hybridized carbons (Fsp3) is 0.467. The Morgan fingerprint density at radius 2 is 2.27 bits per heavy atom. The van der Waals surface area contributed by atoms with Crippen LogP contribution >= 0.6 is 0 Å². The Morgan fingerprint density at radius 3 is 2.91 bits per heavy atom. The summed E-state index contributed by atoms with van der Waals surface area (Å²) in [7, 11) is 1.54. The van der Waals surface area contributed by atoms with Gasteiger partial charge in [-0.3, -0.25) is 4.79 Å². The van der Waals surface area contributed by atoms with Crippen LogP contribution in [0.4, 0.5) is 0 Å². The van der Waals surface area contributed by atoms with E-state index in [2.05, 4.69) is 5.32 Å². The van der Waals surface area contributed by atoms with E-state index < -0.39 is 24.0 Å². The van der Waals surface area contributed by atoms with Gasteiger partial charge in [0.2, 0.25) is 0 Å². The van der Waals surface area contributed by atoms with Crippen LogP contribution in [0, 0.1) is 0 Å². The molecule has 0 aliphatic carbocycles. The number of amides is 1. The maximum Gasteiger partial charge on any atom is 0.326 e. The highest BCUT2D eigenvalue weighted by Crippen LogP contribution is 2.14. The van der Waals surface area contributed by atoms with Crippen molar-refractivity contribution in [2.45, 2.75) is 18.6 Å². The van der Waals surface area contributed by atoms with E-state index >= 15 is 0 Å². The quantitative estimate of drug-likeness (QED) is 0.781. The summed E-state index contributed by atoms with van der Waals surface area (Å²) in [5, 5.41) is 11.8. The van der Waals surface area contributed by atoms with Crippen LogP contribution in [0.3, 0.4) is 0 Å². The molecule has 2 unspecified atom stereocenters. The number of methoxy groups -OCH3 is 1. The van der Waals surface area contributed by atoms with Crippen LogP contribution in [0.2, 0.25) is 0 Å². The lowest BCUT2D eigenvalue weighted by Gasteiger charge is -2.24. The van der Waals surface area contributed by atoms with Gasteiger partial charge in [0.25, 0.3) is 5.91 Å². The van der Waals surface area contributed by atoms with Crippen LogP contribution in [0.15, 0.2) is 24.3 Å². The third-order valence-electron chi connectivity index (χ3n) is 3.30. The van der Waals surface area contributed by atoms with E-state index in [-0.39, 0.29) is 13.0 Å². The number of carbonyl (C=O) groups is 2. The zero-order chi connectivity index (χ0) is 15.9. The summed E-state index contributed by atoms with van der Waals surface area (Å²) in [4.78, 5) is 23.4. The van der Waals surface area contributed by atoms with Crippen LogP contribution in [-0.4, -0.2) is 56.1 Å². The first-order chi connectivity index (χ1) is 10.6. The van der Waals surface area contributed by atoms with Crippen LogP contribution in [-0.2, 0) is 25.5 Å². The van der Waals surface area contributed by atoms with E-state index in [1.165, 1.54) is 7.11 Å². The van der Waals surface area contributed by atoms with Crippen molar-refractivity contribution in [2.75, 3.05) is 26.9 Å². The summed E-state index contributed by atoms with van der Waals surface area (Å²) < 4.78 is 15.5. The smallest absolute Gasteiger partial charge is 0.326 e. The number of rotatable bonds is 6. The number of aliphatic carboxylic acids is 1. The Morgan fingerprint density at radius 1 is 1.45 bits per heavy atom. The molecule has 1 aliphatic rings. The number of hydrogen-bond acceptors (Lipinski definition) is 5. The molecule has 1 heterocycles. The molecule has 0 saturated carbocycles. The van der Waals surface area contributed by atoms with E-state index in [0.717, 1.165) is 5.56 Å². The highest BCUT2D eigenvalue weighted by Gasteiger charge is 2.27. The first-order valence-corrected chi connectivity index (χ1v) is 6.95. The lowest BCUT2D eigenvalue weighted by molar-refractivity contribution is -0.152. The van der Waals surface area contributed by atoms with Crippen molar-refractivity contribution in [1.29, 1.82) is 0 Å². The number of hydrogen-bond donors (Lipinski definition) is 2. The maximum absolute atomic E-state index is 12.0. The second kappa shape index (κ2) is 7.77. The molecule has 1 aromatic rings. The lowest BCUT2D eigenvalue weighted by atomic mass is 10.1. The fourth-order valence-electron chi connectivity index (χ4n) is 2.14. The summed E-state index contributed by atoms with van der Waals surface area (Å²) in [5.41, 5.74) is 0.757. The molecule has 1 amide bonds.